The van der Waals surface area contributed by atoms with Gasteiger partial charge in [-0.1, -0.05) is 156 Å². The van der Waals surface area contributed by atoms with Crippen LogP contribution in [0.5, 0.6) is 5.75 Å². The monoisotopic (exact) mass is 825 g/mol. The van der Waals surface area contributed by atoms with E-state index in [0.717, 1.165) is 20.8 Å². The predicted octanol–water partition coefficient (Wildman–Crippen LogP) is 9.69. The third kappa shape index (κ3) is 13.3. The zero-order valence-electron chi connectivity index (χ0n) is 35.3. The van der Waals surface area contributed by atoms with Crippen LogP contribution in [0.2, 0.25) is 5.04 Å². The number of azide groups is 1. The summed E-state index contributed by atoms with van der Waals surface area (Å²) in [6.45, 7) is 16.9. The summed E-state index contributed by atoms with van der Waals surface area (Å²) in [4.78, 5) is 29.4. The van der Waals surface area contributed by atoms with Gasteiger partial charge in [0.25, 0.3) is 8.32 Å². The minimum atomic E-state index is -3.07. The van der Waals surface area contributed by atoms with Gasteiger partial charge in [-0.05, 0) is 63.1 Å². The molecule has 0 saturated carbocycles. The molecule has 0 radical (unpaired) electrons. The van der Waals surface area contributed by atoms with Gasteiger partial charge in [-0.3, -0.25) is 4.79 Å². The molecule has 1 aliphatic heterocycles. The molecule has 0 bridgehead atoms. The number of ether oxygens (including phenoxy) is 4. The van der Waals surface area contributed by atoms with Crippen LogP contribution < -0.4 is 15.1 Å². The van der Waals surface area contributed by atoms with Crippen LogP contribution in [0.25, 0.3) is 10.4 Å². The van der Waals surface area contributed by atoms with E-state index >= 15 is 0 Å². The van der Waals surface area contributed by atoms with Crippen molar-refractivity contribution >= 4 is 42.2 Å². The van der Waals surface area contributed by atoms with Crippen molar-refractivity contribution in [3.63, 3.8) is 0 Å². The van der Waals surface area contributed by atoms with Crippen molar-refractivity contribution < 1.29 is 33.0 Å². The first-order valence-electron chi connectivity index (χ1n) is 19.7. The number of benzene rings is 4. The van der Waals surface area contributed by atoms with Gasteiger partial charge in [0.15, 0.2) is 6.10 Å². The highest BCUT2D eigenvalue weighted by molar-refractivity contribution is 7.99. The second-order valence-corrected chi connectivity index (χ2v) is 22.4. The molecular weight excluding hydrogens is 767 g/mol. The van der Waals surface area contributed by atoms with E-state index in [4.69, 9.17) is 23.4 Å². The minimum Gasteiger partial charge on any atom is -0.497 e. The van der Waals surface area contributed by atoms with Gasteiger partial charge in [0.2, 0.25) is 0 Å². The van der Waals surface area contributed by atoms with Crippen LogP contribution in [0.1, 0.15) is 73.8 Å². The molecule has 12 heteroatoms. The molecule has 1 heterocycles. The van der Waals surface area contributed by atoms with Crippen molar-refractivity contribution in [1.29, 1.82) is 0 Å². The van der Waals surface area contributed by atoms with Gasteiger partial charge in [-0.15, -0.1) is 0 Å². The van der Waals surface area contributed by atoms with E-state index in [9.17, 15) is 15.1 Å². The molecular formula is C46H59N3O7SSi. The Labute approximate surface area is 349 Å². The molecule has 58 heavy (non-hydrogen) atoms. The molecule has 1 saturated heterocycles. The topological polar surface area (TPSA) is 129 Å². The number of ketones is 1. The lowest BCUT2D eigenvalue weighted by molar-refractivity contribution is -0.206. The fourth-order valence-corrected chi connectivity index (χ4v) is 12.3. The highest BCUT2D eigenvalue weighted by Crippen LogP contribution is 2.41. The molecule has 5 rings (SSSR count). The van der Waals surface area contributed by atoms with Crippen LogP contribution in [-0.2, 0) is 34.8 Å². The van der Waals surface area contributed by atoms with Crippen LogP contribution in [0, 0.1) is 5.41 Å². The average Bonchev–Trinajstić information content (AvgIpc) is 3.18. The molecule has 0 aliphatic carbocycles. The third-order valence-electron chi connectivity index (χ3n) is 9.23. The van der Waals surface area contributed by atoms with Crippen molar-refractivity contribution in [1.82, 2.24) is 0 Å². The SMILES string of the molecule is CC(C)(C)C.COc1ccc(CO[C@H]2[C@H](OC(=O)CCC(C)=O)[C@@H](CO[Si](c3ccccc3)(c3ccccc3)C(C)(C)C)OC(Sc3ccccc3)[C@@H]2N=[N+]=[N-])cc1. The molecule has 1 aliphatic rings. The Hall–Kier alpha value is -4.42. The lowest BCUT2D eigenvalue weighted by atomic mass is 9.97. The summed E-state index contributed by atoms with van der Waals surface area (Å²) in [6, 6.07) is 36.7. The second kappa shape index (κ2) is 21.5. The van der Waals surface area contributed by atoms with E-state index in [1.54, 1.807) is 7.11 Å². The summed E-state index contributed by atoms with van der Waals surface area (Å²) in [5, 5.41) is 6.03. The summed E-state index contributed by atoms with van der Waals surface area (Å²) in [7, 11) is -1.47. The molecule has 310 valence electrons. The summed E-state index contributed by atoms with van der Waals surface area (Å²) in [5.41, 5.74) is 10.5. The fraction of sp³-hybridized carbons (Fsp3) is 0.435. The van der Waals surface area contributed by atoms with E-state index in [0.29, 0.717) is 11.2 Å². The van der Waals surface area contributed by atoms with Gasteiger partial charge in [0.05, 0.1) is 26.7 Å². The van der Waals surface area contributed by atoms with Gasteiger partial charge in [0, 0.05) is 16.2 Å². The quantitative estimate of drug-likeness (QED) is 0.0359. The highest BCUT2D eigenvalue weighted by atomic mass is 32.2. The molecule has 4 aromatic rings. The highest BCUT2D eigenvalue weighted by Gasteiger charge is 2.53. The molecule has 0 N–H and O–H groups in total. The number of carbonyl (C=O) groups excluding carboxylic acids is 2. The number of thioether (sulfide) groups is 1. The predicted molar refractivity (Wildman–Crippen MR) is 234 cm³/mol. The average molecular weight is 826 g/mol. The number of esters is 1. The summed E-state index contributed by atoms with van der Waals surface area (Å²) < 4.78 is 32.3. The maximum absolute atomic E-state index is 13.5. The minimum absolute atomic E-state index is 0.0271. The van der Waals surface area contributed by atoms with Crippen molar-refractivity contribution in [3.05, 3.63) is 131 Å². The first kappa shape index (κ1) is 46.3. The van der Waals surface area contributed by atoms with E-state index in [2.05, 4.69) is 82.8 Å². The Morgan fingerprint density at radius 2 is 1.33 bits per heavy atom. The molecule has 1 fully saturated rings. The second-order valence-electron chi connectivity index (χ2n) is 16.9. The Bertz CT molecular complexity index is 1870. The summed E-state index contributed by atoms with van der Waals surface area (Å²) in [6.07, 6.45) is -2.91. The standard InChI is InChI=1S/C41H47N3O7SSi.C5H12/c1-29(45)21-26-36(46)51-38-35(28-49-53(41(2,3)4,33-17-11-7-12-18-33)34-19-13-8-14-20-34)50-40(52-32-15-9-6-10-16-32)37(43-44-42)39(38)48-27-30-22-24-31(47-5)25-23-30;1-5(2,3)4/h6-20,22-25,35,37-40H,21,26-28H2,1-5H3;1-4H3/t35-,37-,38-,39-,40?;/m1./s1. The zero-order valence-corrected chi connectivity index (χ0v) is 37.1. The lowest BCUT2D eigenvalue weighted by Crippen LogP contribution is -2.68. The van der Waals surface area contributed by atoms with Gasteiger partial charge in [-0.25, -0.2) is 0 Å². The normalized spacial score (nSPS) is 19.5. The van der Waals surface area contributed by atoms with E-state index in [1.165, 1.54) is 18.7 Å². The van der Waals surface area contributed by atoms with Crippen molar-refractivity contribution in [3.8, 4) is 5.75 Å². The molecule has 10 nitrogen and oxygen atoms in total. The first-order valence-corrected chi connectivity index (χ1v) is 22.4. The van der Waals surface area contributed by atoms with Crippen LogP contribution >= 0.6 is 11.8 Å². The molecule has 5 atom stereocenters. The van der Waals surface area contributed by atoms with Crippen molar-refractivity contribution in [2.75, 3.05) is 13.7 Å². The maximum Gasteiger partial charge on any atom is 0.306 e. The van der Waals surface area contributed by atoms with Crippen molar-refractivity contribution in [2.24, 2.45) is 10.5 Å². The molecule has 0 aromatic heterocycles. The number of carbonyl (C=O) groups is 2. The van der Waals surface area contributed by atoms with Crippen LogP contribution in [-0.4, -0.2) is 63.6 Å². The Kier molecular flexibility index (Phi) is 17.2. The van der Waals surface area contributed by atoms with Crippen LogP contribution in [0.15, 0.2) is 125 Å². The van der Waals surface area contributed by atoms with Crippen molar-refractivity contribution in [2.45, 2.75) is 115 Å². The third-order valence-corrected chi connectivity index (χ3v) is 15.4. The van der Waals surface area contributed by atoms with Gasteiger partial charge < -0.3 is 28.2 Å². The summed E-state index contributed by atoms with van der Waals surface area (Å²) >= 11 is 1.40. The molecule has 0 spiro atoms. The number of Topliss-reactive ketones (excluding diaryl/α,β-unsaturated/α-hetero) is 1. The van der Waals surface area contributed by atoms with Gasteiger partial charge >= 0.3 is 5.97 Å². The number of rotatable bonds is 16. The van der Waals surface area contributed by atoms with E-state index < -0.39 is 44.1 Å². The fourth-order valence-electron chi connectivity index (χ4n) is 6.64. The Morgan fingerprint density at radius 3 is 1.81 bits per heavy atom. The lowest BCUT2D eigenvalue weighted by Gasteiger charge is -2.47. The smallest absolute Gasteiger partial charge is 0.306 e. The Morgan fingerprint density at radius 1 is 0.793 bits per heavy atom. The molecule has 4 aromatic carbocycles. The Balaban J connectivity index is 0.00000140. The summed E-state index contributed by atoms with van der Waals surface area (Å²) in [5.74, 6) is -0.0212. The van der Waals surface area contributed by atoms with Gasteiger partial charge in [0.1, 0.15) is 35.2 Å². The van der Waals surface area contributed by atoms with Gasteiger partial charge in [-0.2, -0.15) is 0 Å². The first-order chi connectivity index (χ1) is 27.6. The maximum atomic E-state index is 13.5. The van der Waals surface area contributed by atoms with Crippen LogP contribution in [0.3, 0.4) is 0 Å². The number of hydrogen-bond acceptors (Lipinski definition) is 9. The molecule has 1 unspecified atom stereocenters. The molecule has 0 amide bonds. The van der Waals surface area contributed by atoms with E-state index in [-0.39, 0.29) is 36.9 Å². The number of nitrogens with zero attached hydrogens (tertiary/aromatic N) is 3. The number of hydrogen-bond donors (Lipinski definition) is 0. The van der Waals surface area contributed by atoms with E-state index in [1.807, 2.05) is 91.0 Å². The number of methoxy groups -OCH3 is 1. The largest absolute Gasteiger partial charge is 0.497 e. The van der Waals surface area contributed by atoms with Crippen LogP contribution in [0.4, 0.5) is 0 Å². The zero-order chi connectivity index (χ0) is 42.3.